The van der Waals surface area contributed by atoms with Gasteiger partial charge in [0.2, 0.25) is 10.0 Å². The van der Waals surface area contributed by atoms with Gasteiger partial charge in [-0.15, -0.1) is 0 Å². The van der Waals surface area contributed by atoms with Gasteiger partial charge in [-0.05, 0) is 48.4 Å². The van der Waals surface area contributed by atoms with Crippen LogP contribution in [0.4, 0.5) is 11.4 Å². The molecule has 1 aliphatic rings. The van der Waals surface area contributed by atoms with E-state index in [2.05, 4.69) is 5.32 Å². The van der Waals surface area contributed by atoms with Crippen LogP contribution in [-0.4, -0.2) is 41.3 Å². The maximum atomic E-state index is 12.5. The van der Waals surface area contributed by atoms with E-state index in [4.69, 9.17) is 9.47 Å². The molecule has 8 heteroatoms. The number of hydrogen-bond acceptors (Lipinski definition) is 5. The van der Waals surface area contributed by atoms with E-state index >= 15 is 0 Å². The summed E-state index contributed by atoms with van der Waals surface area (Å²) in [6.45, 7) is 0.418. The number of methoxy groups -OCH3 is 2. The summed E-state index contributed by atoms with van der Waals surface area (Å²) in [4.78, 5) is 12.5. The van der Waals surface area contributed by atoms with Crippen molar-refractivity contribution >= 4 is 27.3 Å². The first kappa shape index (κ1) is 18.1. The van der Waals surface area contributed by atoms with Gasteiger partial charge in [0.1, 0.15) is 0 Å². The van der Waals surface area contributed by atoms with Crippen molar-refractivity contribution in [1.82, 2.24) is 0 Å². The fraction of sp³-hybridized carbons (Fsp3) is 0.278. The Hall–Kier alpha value is -2.74. The largest absolute Gasteiger partial charge is 0.493 e. The molecule has 0 aliphatic carbocycles. The topological polar surface area (TPSA) is 84.9 Å². The number of carbonyl (C=O) groups excluding carboxylic acids is 1. The molecule has 0 atom stereocenters. The number of nitrogens with zero attached hydrogens (tertiary/aromatic N) is 1. The number of rotatable bonds is 5. The maximum Gasteiger partial charge on any atom is 0.255 e. The first-order valence-corrected chi connectivity index (χ1v) is 9.82. The van der Waals surface area contributed by atoms with Crippen LogP contribution in [0.25, 0.3) is 0 Å². The molecule has 0 aromatic heterocycles. The number of carbonyl (C=O) groups is 1. The monoisotopic (exact) mass is 376 g/mol. The zero-order valence-electron chi connectivity index (χ0n) is 14.8. The highest BCUT2D eigenvalue weighted by Gasteiger charge is 2.26. The van der Waals surface area contributed by atoms with Crippen molar-refractivity contribution in [3.8, 4) is 11.5 Å². The van der Waals surface area contributed by atoms with E-state index in [0.29, 0.717) is 41.4 Å². The van der Waals surface area contributed by atoms with Crippen molar-refractivity contribution in [2.45, 2.75) is 6.42 Å². The van der Waals surface area contributed by atoms with Crippen LogP contribution >= 0.6 is 0 Å². The van der Waals surface area contributed by atoms with Gasteiger partial charge in [-0.1, -0.05) is 0 Å². The van der Waals surface area contributed by atoms with E-state index in [0.717, 1.165) is 5.56 Å². The zero-order valence-corrected chi connectivity index (χ0v) is 15.6. The van der Waals surface area contributed by atoms with Crippen LogP contribution in [0, 0.1) is 0 Å². The summed E-state index contributed by atoms with van der Waals surface area (Å²) in [6.07, 6.45) is 1.80. The van der Waals surface area contributed by atoms with Crippen LogP contribution in [-0.2, 0) is 16.4 Å². The number of nitrogens with one attached hydrogen (secondary N) is 1. The number of fused-ring (bicyclic) bond motifs is 1. The Bertz CT molecular complexity index is 956. The first-order valence-electron chi connectivity index (χ1n) is 7.97. The SMILES string of the molecule is COc1ccc(C(=O)Nc2ccc3c(c2)CCN3S(C)(=O)=O)cc1OC. The Kier molecular flexibility index (Phi) is 4.78. The lowest BCUT2D eigenvalue weighted by Gasteiger charge is -2.16. The second kappa shape index (κ2) is 6.87. The van der Waals surface area contributed by atoms with E-state index in [1.165, 1.54) is 24.8 Å². The van der Waals surface area contributed by atoms with Gasteiger partial charge in [0.05, 0.1) is 26.2 Å². The molecular formula is C18H20N2O5S. The number of sulfonamides is 1. The van der Waals surface area contributed by atoms with Gasteiger partial charge in [0.15, 0.2) is 11.5 Å². The predicted molar refractivity (Wildman–Crippen MR) is 99.8 cm³/mol. The molecule has 0 unspecified atom stereocenters. The predicted octanol–water partition coefficient (Wildman–Crippen LogP) is 2.28. The molecule has 2 aromatic rings. The summed E-state index contributed by atoms with van der Waals surface area (Å²) in [7, 11) is -0.252. The number of ether oxygens (including phenoxy) is 2. The summed E-state index contributed by atoms with van der Waals surface area (Å²) >= 11 is 0. The Morgan fingerprint density at radius 1 is 1.08 bits per heavy atom. The van der Waals surface area contributed by atoms with Crippen LogP contribution in [0.5, 0.6) is 11.5 Å². The molecule has 7 nitrogen and oxygen atoms in total. The van der Waals surface area contributed by atoms with E-state index in [9.17, 15) is 13.2 Å². The van der Waals surface area contributed by atoms with Crippen molar-refractivity contribution < 1.29 is 22.7 Å². The molecule has 1 aliphatic heterocycles. The summed E-state index contributed by atoms with van der Waals surface area (Å²) in [5.41, 5.74) is 2.59. The van der Waals surface area contributed by atoms with E-state index < -0.39 is 10.0 Å². The summed E-state index contributed by atoms with van der Waals surface area (Å²) in [6, 6.07) is 10.1. The average molecular weight is 376 g/mol. The minimum atomic E-state index is -3.29. The maximum absolute atomic E-state index is 12.5. The Morgan fingerprint density at radius 2 is 1.81 bits per heavy atom. The lowest BCUT2D eigenvalue weighted by atomic mass is 10.1. The number of anilines is 2. The molecule has 0 saturated heterocycles. The fourth-order valence-corrected chi connectivity index (χ4v) is 3.93. The van der Waals surface area contributed by atoms with Crippen LogP contribution in [0.3, 0.4) is 0 Å². The molecular weight excluding hydrogens is 356 g/mol. The van der Waals surface area contributed by atoms with Gasteiger partial charge in [-0.3, -0.25) is 9.10 Å². The van der Waals surface area contributed by atoms with Gasteiger partial charge < -0.3 is 14.8 Å². The molecule has 2 aromatic carbocycles. The highest BCUT2D eigenvalue weighted by molar-refractivity contribution is 7.92. The molecule has 0 fully saturated rings. The number of hydrogen-bond donors (Lipinski definition) is 1. The van der Waals surface area contributed by atoms with Crippen molar-refractivity contribution in [1.29, 1.82) is 0 Å². The second-order valence-corrected chi connectivity index (χ2v) is 7.86. The number of benzene rings is 2. The molecule has 0 saturated carbocycles. The van der Waals surface area contributed by atoms with Gasteiger partial charge in [-0.2, -0.15) is 0 Å². The Morgan fingerprint density at radius 3 is 2.46 bits per heavy atom. The minimum Gasteiger partial charge on any atom is -0.493 e. The van der Waals surface area contributed by atoms with Crippen molar-refractivity contribution in [3.05, 3.63) is 47.5 Å². The zero-order chi connectivity index (χ0) is 18.9. The third-order valence-corrected chi connectivity index (χ3v) is 5.42. The van der Waals surface area contributed by atoms with Crippen LogP contribution in [0.15, 0.2) is 36.4 Å². The first-order chi connectivity index (χ1) is 12.3. The van der Waals surface area contributed by atoms with Crippen LogP contribution in [0.2, 0.25) is 0 Å². The fourth-order valence-electron chi connectivity index (χ4n) is 2.97. The lowest BCUT2D eigenvalue weighted by molar-refractivity contribution is 0.102. The average Bonchev–Trinajstić information content (AvgIpc) is 3.04. The molecule has 138 valence electrons. The highest BCUT2D eigenvalue weighted by atomic mass is 32.2. The van der Waals surface area contributed by atoms with Gasteiger partial charge in [0, 0.05) is 17.8 Å². The third-order valence-electron chi connectivity index (χ3n) is 4.24. The Balaban J connectivity index is 1.81. The molecule has 1 amide bonds. The molecule has 0 radical (unpaired) electrons. The van der Waals surface area contributed by atoms with Crippen molar-refractivity contribution in [3.63, 3.8) is 0 Å². The third kappa shape index (κ3) is 3.45. The smallest absolute Gasteiger partial charge is 0.255 e. The summed E-state index contributed by atoms with van der Waals surface area (Å²) in [5, 5.41) is 2.83. The lowest BCUT2D eigenvalue weighted by Crippen LogP contribution is -2.27. The molecule has 0 bridgehead atoms. The van der Waals surface area contributed by atoms with E-state index in [-0.39, 0.29) is 5.91 Å². The van der Waals surface area contributed by atoms with E-state index in [1.54, 1.807) is 36.4 Å². The van der Waals surface area contributed by atoms with Gasteiger partial charge >= 0.3 is 0 Å². The van der Waals surface area contributed by atoms with Crippen molar-refractivity contribution in [2.24, 2.45) is 0 Å². The number of amides is 1. The van der Waals surface area contributed by atoms with Crippen molar-refractivity contribution in [2.75, 3.05) is 36.6 Å². The Labute approximate surface area is 152 Å². The van der Waals surface area contributed by atoms with E-state index in [1.807, 2.05) is 0 Å². The molecule has 0 spiro atoms. The normalized spacial score (nSPS) is 13.3. The standard InChI is InChI=1S/C18H20N2O5S/c1-24-16-7-4-13(11-17(16)25-2)18(21)19-14-5-6-15-12(10-14)8-9-20(15)26(3,22)23/h4-7,10-11H,8-9H2,1-3H3,(H,19,21). The molecule has 26 heavy (non-hydrogen) atoms. The second-order valence-electron chi connectivity index (χ2n) is 5.95. The van der Waals surface area contributed by atoms with Crippen LogP contribution < -0.4 is 19.1 Å². The van der Waals surface area contributed by atoms with Gasteiger partial charge in [0.25, 0.3) is 5.91 Å². The van der Waals surface area contributed by atoms with Crippen LogP contribution in [0.1, 0.15) is 15.9 Å². The molecule has 1 N–H and O–H groups in total. The van der Waals surface area contributed by atoms with Gasteiger partial charge in [-0.25, -0.2) is 8.42 Å². The molecule has 1 heterocycles. The quantitative estimate of drug-likeness (QED) is 0.865. The summed E-state index contributed by atoms with van der Waals surface area (Å²) < 4.78 is 35.3. The highest BCUT2D eigenvalue weighted by Crippen LogP contribution is 2.32. The molecule has 3 rings (SSSR count). The summed E-state index contributed by atoms with van der Waals surface area (Å²) in [5.74, 6) is 0.726. The minimum absolute atomic E-state index is 0.288.